The second-order valence-corrected chi connectivity index (χ2v) is 5.60. The molecule has 0 aliphatic rings. The summed E-state index contributed by atoms with van der Waals surface area (Å²) >= 11 is 7.53. The van der Waals surface area contributed by atoms with Crippen LogP contribution in [0.5, 0.6) is 0 Å². The van der Waals surface area contributed by atoms with E-state index in [1.165, 1.54) is 11.8 Å². The van der Waals surface area contributed by atoms with Crippen LogP contribution in [0.3, 0.4) is 0 Å². The van der Waals surface area contributed by atoms with Gasteiger partial charge >= 0.3 is 0 Å². The average molecular weight is 298 g/mol. The van der Waals surface area contributed by atoms with E-state index >= 15 is 0 Å². The molecule has 1 aromatic carbocycles. The summed E-state index contributed by atoms with van der Waals surface area (Å²) in [5.41, 5.74) is 1.90. The van der Waals surface area contributed by atoms with Gasteiger partial charge in [0.15, 0.2) is 0 Å². The molecule has 2 rings (SSSR count). The number of aromatic amines is 1. The number of aromatic nitrogens is 3. The zero-order chi connectivity index (χ0) is 13.8. The number of nitrogens with zero attached hydrogens (tertiary/aromatic N) is 2. The number of aliphatic hydroxyl groups is 1. The fraction of sp³-hybridized carbons (Fsp3) is 0.385. The maximum Gasteiger partial charge on any atom is 0.208 e. The highest BCUT2D eigenvalue weighted by atomic mass is 35.5. The van der Waals surface area contributed by atoms with Crippen molar-refractivity contribution in [2.24, 2.45) is 0 Å². The molecule has 0 amide bonds. The Labute approximate surface area is 121 Å². The molecule has 0 saturated heterocycles. The summed E-state index contributed by atoms with van der Waals surface area (Å²) in [6.07, 6.45) is 0.329. The third-order valence-electron chi connectivity index (χ3n) is 2.76. The molecular formula is C13H16ClN3OS. The Morgan fingerprint density at radius 2 is 2.26 bits per heavy atom. The monoisotopic (exact) mass is 297 g/mol. The SMILES string of the molecule is CCc1nc(SCc2cc(Cl)ccc2C(C)O)n[nH]1. The first-order valence-corrected chi connectivity index (χ1v) is 7.47. The molecule has 0 bridgehead atoms. The molecule has 1 heterocycles. The predicted octanol–water partition coefficient (Wildman–Crippen LogP) is 3.37. The number of aliphatic hydroxyl groups excluding tert-OH is 1. The van der Waals surface area contributed by atoms with Crippen molar-refractivity contribution in [3.05, 3.63) is 40.2 Å². The van der Waals surface area contributed by atoms with Crippen LogP contribution < -0.4 is 0 Å². The van der Waals surface area contributed by atoms with Gasteiger partial charge in [-0.15, -0.1) is 5.10 Å². The van der Waals surface area contributed by atoms with Gasteiger partial charge in [-0.25, -0.2) is 4.98 Å². The number of rotatable bonds is 5. The van der Waals surface area contributed by atoms with Crippen LogP contribution in [0.15, 0.2) is 23.4 Å². The maximum absolute atomic E-state index is 9.75. The van der Waals surface area contributed by atoms with Gasteiger partial charge in [-0.05, 0) is 30.2 Å². The Balaban J connectivity index is 2.12. The van der Waals surface area contributed by atoms with Crippen molar-refractivity contribution in [2.45, 2.75) is 37.3 Å². The Bertz CT molecular complexity index is 557. The van der Waals surface area contributed by atoms with Crippen LogP contribution in [0.2, 0.25) is 5.02 Å². The number of benzene rings is 1. The highest BCUT2D eigenvalue weighted by Crippen LogP contribution is 2.27. The second kappa shape index (κ2) is 6.41. The third-order valence-corrected chi connectivity index (χ3v) is 3.89. The summed E-state index contributed by atoms with van der Waals surface area (Å²) in [4.78, 5) is 4.34. The fourth-order valence-electron chi connectivity index (χ4n) is 1.75. The van der Waals surface area contributed by atoms with Crippen molar-refractivity contribution in [1.29, 1.82) is 0 Å². The van der Waals surface area contributed by atoms with Gasteiger partial charge in [-0.3, -0.25) is 5.10 Å². The van der Waals surface area contributed by atoms with Gasteiger partial charge in [-0.2, -0.15) is 0 Å². The van der Waals surface area contributed by atoms with Crippen molar-refractivity contribution in [3.63, 3.8) is 0 Å². The maximum atomic E-state index is 9.75. The predicted molar refractivity (Wildman–Crippen MR) is 77.4 cm³/mol. The van der Waals surface area contributed by atoms with Gasteiger partial charge in [0.1, 0.15) is 5.82 Å². The number of H-pyrrole nitrogens is 1. The van der Waals surface area contributed by atoms with Crippen molar-refractivity contribution >= 4 is 23.4 Å². The summed E-state index contributed by atoms with van der Waals surface area (Å²) in [6.45, 7) is 3.77. The van der Waals surface area contributed by atoms with E-state index < -0.39 is 6.10 Å². The van der Waals surface area contributed by atoms with E-state index in [2.05, 4.69) is 15.2 Å². The van der Waals surface area contributed by atoms with Crippen LogP contribution in [0.1, 0.15) is 36.9 Å². The van der Waals surface area contributed by atoms with Crippen LogP contribution in [0, 0.1) is 0 Å². The van der Waals surface area contributed by atoms with Gasteiger partial charge < -0.3 is 5.11 Å². The van der Waals surface area contributed by atoms with Crippen LogP contribution in [-0.4, -0.2) is 20.3 Å². The summed E-state index contributed by atoms with van der Waals surface area (Å²) in [6, 6.07) is 5.53. The van der Waals surface area contributed by atoms with Crippen LogP contribution in [0.4, 0.5) is 0 Å². The summed E-state index contributed by atoms with van der Waals surface area (Å²) < 4.78 is 0. The minimum atomic E-state index is -0.508. The zero-order valence-corrected chi connectivity index (χ0v) is 12.4. The minimum Gasteiger partial charge on any atom is -0.389 e. The Kier molecular flexibility index (Phi) is 4.85. The standard InChI is InChI=1S/C13H16ClN3OS/c1-3-12-15-13(17-16-12)19-7-9-6-10(14)4-5-11(9)8(2)18/h4-6,8,18H,3,7H2,1-2H3,(H,15,16,17). The molecule has 1 atom stereocenters. The van der Waals surface area contributed by atoms with Gasteiger partial charge in [0.05, 0.1) is 6.10 Å². The molecule has 0 fully saturated rings. The van der Waals surface area contributed by atoms with Gasteiger partial charge in [0.25, 0.3) is 0 Å². The molecule has 0 aliphatic heterocycles. The Hall–Kier alpha value is -1.04. The van der Waals surface area contributed by atoms with Crippen molar-refractivity contribution < 1.29 is 5.11 Å². The average Bonchev–Trinajstić information content (AvgIpc) is 2.84. The minimum absolute atomic E-state index is 0.508. The first-order chi connectivity index (χ1) is 9.10. The molecule has 1 aromatic heterocycles. The largest absolute Gasteiger partial charge is 0.389 e. The van der Waals surface area contributed by atoms with Crippen LogP contribution in [0.25, 0.3) is 0 Å². The van der Waals surface area contributed by atoms with E-state index in [9.17, 15) is 5.11 Å². The number of thioether (sulfide) groups is 1. The van der Waals surface area contributed by atoms with Gasteiger partial charge in [0, 0.05) is 17.2 Å². The Morgan fingerprint density at radius 1 is 1.47 bits per heavy atom. The molecule has 19 heavy (non-hydrogen) atoms. The highest BCUT2D eigenvalue weighted by molar-refractivity contribution is 7.98. The van der Waals surface area contributed by atoms with E-state index in [0.717, 1.165) is 23.4 Å². The summed E-state index contributed by atoms with van der Waals surface area (Å²) in [5, 5.41) is 18.1. The lowest BCUT2D eigenvalue weighted by Crippen LogP contribution is -1.97. The van der Waals surface area contributed by atoms with Gasteiger partial charge in [0.2, 0.25) is 5.16 Å². The van der Waals surface area contributed by atoms with Crippen molar-refractivity contribution in [3.8, 4) is 0 Å². The molecule has 0 saturated carbocycles. The smallest absolute Gasteiger partial charge is 0.208 e. The first-order valence-electron chi connectivity index (χ1n) is 6.10. The molecule has 2 N–H and O–H groups in total. The molecular weight excluding hydrogens is 282 g/mol. The lowest BCUT2D eigenvalue weighted by molar-refractivity contribution is 0.198. The van der Waals surface area contributed by atoms with E-state index in [4.69, 9.17) is 11.6 Å². The number of aryl methyl sites for hydroxylation is 1. The number of hydrogen-bond donors (Lipinski definition) is 2. The molecule has 4 nitrogen and oxygen atoms in total. The lowest BCUT2D eigenvalue weighted by atomic mass is 10.0. The van der Waals surface area contributed by atoms with E-state index in [1.54, 1.807) is 13.0 Å². The van der Waals surface area contributed by atoms with Gasteiger partial charge in [-0.1, -0.05) is 36.4 Å². The normalized spacial score (nSPS) is 12.6. The molecule has 6 heteroatoms. The summed E-state index contributed by atoms with van der Waals surface area (Å²) in [7, 11) is 0. The number of halogens is 1. The number of nitrogens with one attached hydrogen (secondary N) is 1. The molecule has 0 spiro atoms. The van der Waals surface area contributed by atoms with E-state index in [-0.39, 0.29) is 0 Å². The topological polar surface area (TPSA) is 61.8 Å². The third kappa shape index (κ3) is 3.72. The van der Waals surface area contributed by atoms with Crippen molar-refractivity contribution in [1.82, 2.24) is 15.2 Å². The first kappa shape index (κ1) is 14.4. The van der Waals surface area contributed by atoms with Crippen LogP contribution in [-0.2, 0) is 12.2 Å². The fourth-order valence-corrected chi connectivity index (χ4v) is 2.76. The van der Waals surface area contributed by atoms with E-state index in [1.807, 2.05) is 19.1 Å². The number of hydrogen-bond acceptors (Lipinski definition) is 4. The quantitative estimate of drug-likeness (QED) is 0.831. The summed E-state index contributed by atoms with van der Waals surface area (Å²) in [5.74, 6) is 1.56. The highest BCUT2D eigenvalue weighted by Gasteiger charge is 2.10. The molecule has 102 valence electrons. The van der Waals surface area contributed by atoms with E-state index in [0.29, 0.717) is 15.9 Å². The molecule has 0 aliphatic carbocycles. The molecule has 1 unspecified atom stereocenters. The Morgan fingerprint density at radius 3 is 2.89 bits per heavy atom. The lowest BCUT2D eigenvalue weighted by Gasteiger charge is -2.11. The molecule has 0 radical (unpaired) electrons. The van der Waals surface area contributed by atoms with Crippen molar-refractivity contribution in [2.75, 3.05) is 0 Å². The molecule has 2 aromatic rings. The zero-order valence-electron chi connectivity index (χ0n) is 10.9. The second-order valence-electron chi connectivity index (χ2n) is 4.23. The van der Waals surface area contributed by atoms with Crippen LogP contribution >= 0.6 is 23.4 Å².